The van der Waals surface area contributed by atoms with Crippen molar-refractivity contribution >= 4 is 88.4 Å². The zero-order chi connectivity index (χ0) is 16.6. The van der Waals surface area contributed by atoms with Crippen LogP contribution in [0.15, 0.2) is 0 Å². The summed E-state index contributed by atoms with van der Waals surface area (Å²) in [6.07, 6.45) is 2.30. The molecule has 0 saturated carbocycles. The van der Waals surface area contributed by atoms with E-state index in [0.29, 0.717) is 6.42 Å². The Hall–Kier alpha value is 0.310. The Labute approximate surface area is 148 Å². The summed E-state index contributed by atoms with van der Waals surface area (Å²) < 4.78 is 0. The lowest BCUT2D eigenvalue weighted by Gasteiger charge is -1.84. The van der Waals surface area contributed by atoms with Crippen molar-refractivity contribution in [3.05, 3.63) is 0 Å². The van der Waals surface area contributed by atoms with Gasteiger partial charge in [-0.15, -0.1) is 0 Å². The van der Waals surface area contributed by atoms with E-state index >= 15 is 0 Å². The van der Waals surface area contributed by atoms with E-state index in [1.165, 1.54) is 0 Å². The number of alkyl halides is 2. The van der Waals surface area contributed by atoms with Gasteiger partial charge in [0.25, 0.3) is 0 Å². The first-order valence-electron chi connectivity index (χ1n) is 5.10. The van der Waals surface area contributed by atoms with Gasteiger partial charge in [-0.2, -0.15) is 0 Å². The molecule has 0 aromatic rings. The van der Waals surface area contributed by atoms with Gasteiger partial charge in [0, 0.05) is 23.5 Å². The van der Waals surface area contributed by atoms with E-state index in [0.717, 1.165) is 23.5 Å². The summed E-state index contributed by atoms with van der Waals surface area (Å²) >= 11 is 20.3. The van der Waals surface area contributed by atoms with E-state index in [4.69, 9.17) is 16.7 Å². The van der Waals surface area contributed by atoms with Crippen molar-refractivity contribution in [3.8, 4) is 0 Å². The van der Waals surface area contributed by atoms with Crippen molar-refractivity contribution in [3.63, 3.8) is 0 Å². The third kappa shape index (κ3) is 36.2. The molecule has 0 saturated heterocycles. The maximum absolute atomic E-state index is 9.95. The average molecular weight is 479 g/mol. The second-order valence-electron chi connectivity index (χ2n) is 2.88. The molecule has 20 heavy (non-hydrogen) atoms. The van der Waals surface area contributed by atoms with Crippen LogP contribution < -0.4 is 0 Å². The molecule has 0 aliphatic carbocycles. The summed E-state index contributed by atoms with van der Waals surface area (Å²) in [4.78, 5) is 38.5. The molecule has 0 aliphatic rings. The average Bonchev–Trinajstić information content (AvgIpc) is 2.35. The first kappa shape index (κ1) is 25.3. The fourth-order valence-electron chi connectivity index (χ4n) is 0.424. The third-order valence-electron chi connectivity index (χ3n) is 1.19. The molecule has 5 nitrogen and oxygen atoms in total. The highest BCUT2D eigenvalue weighted by Crippen LogP contribution is 1.96. The number of hydrogen-bond donors (Lipinski definition) is 1. The topological polar surface area (TPSA) is 88.5 Å². The molecule has 118 valence electrons. The maximum Gasteiger partial charge on any atom is 0.304 e. The summed E-state index contributed by atoms with van der Waals surface area (Å²) in [5, 5.41) is 7.12. The van der Waals surface area contributed by atoms with Crippen LogP contribution in [0.3, 0.4) is 0 Å². The van der Waals surface area contributed by atoms with Gasteiger partial charge in [-0.05, 0) is 47.6 Å². The zero-order valence-electron chi connectivity index (χ0n) is 10.2. The molecule has 0 unspecified atom stereocenters. The van der Waals surface area contributed by atoms with E-state index in [9.17, 15) is 19.2 Å². The predicted molar refractivity (Wildman–Crippen MR) is 86.3 cm³/mol. The summed E-state index contributed by atoms with van der Waals surface area (Å²) in [5.41, 5.74) is 0. The highest BCUT2D eigenvalue weighted by molar-refractivity contribution is 9.09. The van der Waals surface area contributed by atoms with E-state index in [1.807, 2.05) is 0 Å². The van der Waals surface area contributed by atoms with Gasteiger partial charge in [0.05, 0.1) is 0 Å². The van der Waals surface area contributed by atoms with Gasteiger partial charge in [0.2, 0.25) is 5.24 Å². The summed E-state index contributed by atoms with van der Waals surface area (Å²) in [6.45, 7) is 0. The number of aliphatic carboxylic acids is 1. The van der Waals surface area contributed by atoms with Crippen LogP contribution in [-0.2, 0) is 19.2 Å². The van der Waals surface area contributed by atoms with Gasteiger partial charge in [0.15, 0.2) is 0 Å². The molecule has 0 spiro atoms. The minimum Gasteiger partial charge on any atom is -0.481 e. The van der Waals surface area contributed by atoms with Gasteiger partial charge in [0.1, 0.15) is 0 Å². The summed E-state index contributed by atoms with van der Waals surface area (Å²) in [6, 6.07) is 0. The van der Waals surface area contributed by atoms with Crippen LogP contribution in [0.2, 0.25) is 0 Å². The Bertz CT molecular complexity index is 283. The van der Waals surface area contributed by atoms with E-state index < -0.39 is 16.5 Å². The molecule has 0 atom stereocenters. The number of carbonyl (C=O) groups is 4. The molecule has 0 aliphatic heterocycles. The van der Waals surface area contributed by atoms with Crippen LogP contribution in [0.1, 0.15) is 25.7 Å². The molecule has 0 aromatic heterocycles. The van der Waals surface area contributed by atoms with Crippen LogP contribution >= 0.6 is 66.7 Å². The van der Waals surface area contributed by atoms with Crippen molar-refractivity contribution in [2.75, 3.05) is 10.7 Å². The normalized spacial score (nSPS) is 8.45. The highest BCUT2D eigenvalue weighted by atomic mass is 79.9. The lowest BCUT2D eigenvalue weighted by molar-refractivity contribution is -0.137. The van der Waals surface area contributed by atoms with E-state index in [-0.39, 0.29) is 11.7 Å². The van der Waals surface area contributed by atoms with Gasteiger partial charge in [-0.3, -0.25) is 19.2 Å². The van der Waals surface area contributed by atoms with Crippen LogP contribution in [0, 0.1) is 0 Å². The zero-order valence-corrected chi connectivity index (χ0v) is 15.7. The lowest BCUT2D eigenvalue weighted by Crippen LogP contribution is -1.94. The SMILES string of the molecule is O=C(Cl)C(=O)Cl.O=C(Cl)CCCBr.O=C(O)CCCBr. The molecule has 1 N–H and O–H groups in total. The minimum absolute atomic E-state index is 0.251. The van der Waals surface area contributed by atoms with Crippen molar-refractivity contribution in [2.24, 2.45) is 0 Å². The van der Waals surface area contributed by atoms with Crippen molar-refractivity contribution in [2.45, 2.75) is 25.7 Å². The molecule has 0 rings (SSSR count). The van der Waals surface area contributed by atoms with Crippen LogP contribution in [-0.4, -0.2) is 37.5 Å². The Morgan fingerprint density at radius 3 is 1.25 bits per heavy atom. The summed E-state index contributed by atoms with van der Waals surface area (Å²) in [5.74, 6) is -0.723. The predicted octanol–water partition coefficient (Wildman–Crippen LogP) is 3.69. The quantitative estimate of drug-likeness (QED) is 0.342. The van der Waals surface area contributed by atoms with E-state index in [2.05, 4.69) is 55.1 Å². The Morgan fingerprint density at radius 1 is 0.800 bits per heavy atom. The number of carboxylic acids is 1. The van der Waals surface area contributed by atoms with Gasteiger partial charge in [-0.1, -0.05) is 31.9 Å². The molecule has 0 amide bonds. The number of carbonyl (C=O) groups excluding carboxylic acids is 3. The molecule has 0 aromatic carbocycles. The standard InChI is InChI=1S/C4H6BrClO.C4H7BrO2.C2Cl2O2/c2*5-3-1-2-4(6)7;3-1(5)2(4)6/h1-3H2;1-3H2,(H,6,7);. The molecular formula is C10H13Br2Cl3O5. The molecule has 0 heterocycles. The number of carboxylic acid groups (broad SMARTS) is 1. The molecular weight excluding hydrogens is 466 g/mol. The fraction of sp³-hybridized carbons (Fsp3) is 0.600. The monoisotopic (exact) mass is 476 g/mol. The first-order chi connectivity index (χ1) is 9.18. The van der Waals surface area contributed by atoms with Crippen LogP contribution in [0.5, 0.6) is 0 Å². The number of rotatable bonds is 7. The highest BCUT2D eigenvalue weighted by Gasteiger charge is 2.01. The van der Waals surface area contributed by atoms with Gasteiger partial charge >= 0.3 is 16.5 Å². The molecule has 0 bridgehead atoms. The van der Waals surface area contributed by atoms with E-state index in [1.54, 1.807) is 0 Å². The van der Waals surface area contributed by atoms with Crippen molar-refractivity contribution in [1.29, 1.82) is 0 Å². The lowest BCUT2D eigenvalue weighted by atomic mass is 10.3. The van der Waals surface area contributed by atoms with Gasteiger partial charge in [-0.25, -0.2) is 0 Å². The first-order valence-corrected chi connectivity index (χ1v) is 8.48. The molecule has 0 radical (unpaired) electrons. The second kappa shape index (κ2) is 19.3. The second-order valence-corrected chi connectivity index (χ2v) is 5.58. The largest absolute Gasteiger partial charge is 0.481 e. The Kier molecular flexibility index (Phi) is 24.4. The maximum atomic E-state index is 9.95. The van der Waals surface area contributed by atoms with Crippen molar-refractivity contribution in [1.82, 2.24) is 0 Å². The smallest absolute Gasteiger partial charge is 0.304 e. The van der Waals surface area contributed by atoms with Crippen LogP contribution in [0.4, 0.5) is 0 Å². The fourth-order valence-corrected chi connectivity index (χ4v) is 1.12. The summed E-state index contributed by atoms with van der Waals surface area (Å²) in [7, 11) is 0. The number of hydrogen-bond acceptors (Lipinski definition) is 4. The Morgan fingerprint density at radius 2 is 1.15 bits per heavy atom. The Balaban J connectivity index is -0.000000218. The number of halogens is 5. The molecule has 10 heteroatoms. The van der Waals surface area contributed by atoms with Crippen LogP contribution in [0.25, 0.3) is 0 Å². The third-order valence-corrected chi connectivity index (χ3v) is 2.94. The molecule has 0 fully saturated rings. The van der Waals surface area contributed by atoms with Gasteiger partial charge < -0.3 is 5.11 Å². The minimum atomic E-state index is -1.14. The van der Waals surface area contributed by atoms with Crippen molar-refractivity contribution < 1.29 is 24.3 Å².